The van der Waals surface area contributed by atoms with Crippen LogP contribution in [0.5, 0.6) is 0 Å². The molecule has 0 radical (unpaired) electrons. The number of anilines is 1. The molecule has 1 saturated heterocycles. The standard InChI is InChI=1S/C17H21N3O5/c1-6-18-12-8-7-10(20(23)24)9-11(12)14(21)19-13(15(18)22)16(2,3)25-17(19,4)5/h7-9,13H,6H2,1-5H3. The Balaban J connectivity index is 2.27. The number of carbonyl (C=O) groups excluding carboxylic acids is 2. The van der Waals surface area contributed by atoms with E-state index in [0.717, 1.165) is 0 Å². The third-order valence-electron chi connectivity index (χ3n) is 4.76. The molecule has 0 aliphatic carbocycles. The van der Waals surface area contributed by atoms with E-state index in [9.17, 15) is 19.7 Å². The first-order chi connectivity index (χ1) is 11.5. The van der Waals surface area contributed by atoms with Gasteiger partial charge in [0.05, 0.1) is 21.8 Å². The van der Waals surface area contributed by atoms with Gasteiger partial charge in [-0.3, -0.25) is 24.6 Å². The maximum Gasteiger partial charge on any atom is 0.270 e. The molecule has 0 aromatic heterocycles. The van der Waals surface area contributed by atoms with Crippen LogP contribution < -0.4 is 4.90 Å². The van der Waals surface area contributed by atoms with E-state index in [4.69, 9.17) is 4.74 Å². The summed E-state index contributed by atoms with van der Waals surface area (Å²) < 4.78 is 5.99. The van der Waals surface area contributed by atoms with E-state index in [1.807, 2.05) is 0 Å². The van der Waals surface area contributed by atoms with Crippen LogP contribution in [0.1, 0.15) is 45.0 Å². The van der Waals surface area contributed by atoms with Gasteiger partial charge >= 0.3 is 0 Å². The zero-order chi connectivity index (χ0) is 18.7. The molecule has 0 bridgehead atoms. The van der Waals surface area contributed by atoms with Crippen molar-refractivity contribution in [2.75, 3.05) is 11.4 Å². The highest BCUT2D eigenvalue weighted by atomic mass is 16.6. The number of nitrogens with zero attached hydrogens (tertiary/aromatic N) is 3. The quantitative estimate of drug-likeness (QED) is 0.604. The lowest BCUT2D eigenvalue weighted by Gasteiger charge is -2.32. The minimum atomic E-state index is -1.01. The average molecular weight is 347 g/mol. The monoisotopic (exact) mass is 347 g/mol. The van der Waals surface area contributed by atoms with Crippen molar-refractivity contribution in [2.24, 2.45) is 0 Å². The number of ether oxygens (including phenoxy) is 1. The van der Waals surface area contributed by atoms with E-state index in [1.165, 1.54) is 28.0 Å². The SMILES string of the molecule is CCN1C(=O)C2N(C(=O)c3cc([N+](=O)[O-])ccc31)C(C)(C)OC2(C)C. The number of hydrogen-bond donors (Lipinski definition) is 0. The lowest BCUT2D eigenvalue weighted by molar-refractivity contribution is -0.384. The van der Waals surface area contributed by atoms with Gasteiger partial charge in [0.15, 0.2) is 0 Å². The van der Waals surface area contributed by atoms with Gasteiger partial charge in [0, 0.05) is 18.7 Å². The number of fused-ring (bicyclic) bond motifs is 2. The van der Waals surface area contributed by atoms with E-state index in [1.54, 1.807) is 34.6 Å². The minimum Gasteiger partial charge on any atom is -0.348 e. The second-order valence-electron chi connectivity index (χ2n) is 7.27. The van der Waals surface area contributed by atoms with Crippen LogP contribution in [-0.4, -0.2) is 45.6 Å². The van der Waals surface area contributed by atoms with Gasteiger partial charge in [0.25, 0.3) is 17.5 Å². The highest BCUT2D eigenvalue weighted by molar-refractivity contribution is 6.12. The molecule has 3 rings (SSSR count). The normalized spacial score (nSPS) is 24.0. The predicted molar refractivity (Wildman–Crippen MR) is 90.3 cm³/mol. The Morgan fingerprint density at radius 2 is 1.88 bits per heavy atom. The summed E-state index contributed by atoms with van der Waals surface area (Å²) in [5.41, 5.74) is -1.54. The number of carbonyl (C=O) groups is 2. The van der Waals surface area contributed by atoms with Crippen molar-refractivity contribution in [3.05, 3.63) is 33.9 Å². The molecule has 0 spiro atoms. The van der Waals surface area contributed by atoms with Crippen molar-refractivity contribution >= 4 is 23.2 Å². The van der Waals surface area contributed by atoms with Crippen molar-refractivity contribution in [2.45, 2.75) is 52.0 Å². The fraction of sp³-hybridized carbons (Fsp3) is 0.529. The molecule has 0 N–H and O–H groups in total. The molecule has 25 heavy (non-hydrogen) atoms. The first kappa shape index (κ1) is 17.3. The third kappa shape index (κ3) is 2.39. The predicted octanol–water partition coefficient (Wildman–Crippen LogP) is 2.32. The lowest BCUT2D eigenvalue weighted by Crippen LogP contribution is -2.55. The fourth-order valence-corrected chi connectivity index (χ4v) is 3.91. The van der Waals surface area contributed by atoms with Crippen molar-refractivity contribution in [1.29, 1.82) is 0 Å². The summed E-state index contributed by atoms with van der Waals surface area (Å²) in [5, 5.41) is 11.1. The lowest BCUT2D eigenvalue weighted by atomic mass is 9.97. The summed E-state index contributed by atoms with van der Waals surface area (Å²) in [5.74, 6) is -0.692. The molecule has 134 valence electrons. The molecule has 8 nitrogen and oxygen atoms in total. The topological polar surface area (TPSA) is 93.0 Å². The highest BCUT2D eigenvalue weighted by Gasteiger charge is 2.60. The van der Waals surface area contributed by atoms with Gasteiger partial charge in [-0.1, -0.05) is 0 Å². The minimum absolute atomic E-state index is 0.140. The molecule has 1 aromatic rings. The Morgan fingerprint density at radius 3 is 2.44 bits per heavy atom. The number of non-ortho nitro benzene ring substituents is 1. The summed E-state index contributed by atoms with van der Waals surface area (Å²) in [6, 6.07) is 3.21. The Bertz CT molecular complexity index is 786. The highest BCUT2D eigenvalue weighted by Crippen LogP contribution is 2.44. The molecule has 1 aromatic carbocycles. The fourth-order valence-electron chi connectivity index (χ4n) is 3.91. The molecule has 2 aliphatic rings. The van der Waals surface area contributed by atoms with Crippen LogP contribution in [0.3, 0.4) is 0 Å². The van der Waals surface area contributed by atoms with Crippen molar-refractivity contribution in [3.63, 3.8) is 0 Å². The molecule has 2 amide bonds. The molecular weight excluding hydrogens is 326 g/mol. The average Bonchev–Trinajstić information content (AvgIpc) is 2.63. The Kier molecular flexibility index (Phi) is 3.65. The smallest absolute Gasteiger partial charge is 0.270 e. The largest absolute Gasteiger partial charge is 0.348 e. The number of rotatable bonds is 2. The molecule has 1 fully saturated rings. The van der Waals surface area contributed by atoms with Crippen molar-refractivity contribution in [1.82, 2.24) is 4.90 Å². The second-order valence-corrected chi connectivity index (χ2v) is 7.27. The summed E-state index contributed by atoms with van der Waals surface area (Å²) in [7, 11) is 0. The maximum absolute atomic E-state index is 13.2. The van der Waals surface area contributed by atoms with Gasteiger partial charge in [-0.2, -0.15) is 0 Å². The van der Waals surface area contributed by atoms with E-state index in [-0.39, 0.29) is 17.2 Å². The molecule has 2 heterocycles. The van der Waals surface area contributed by atoms with Gasteiger partial charge in [-0.05, 0) is 40.7 Å². The number of likely N-dealkylation sites (N-methyl/N-ethyl adjacent to an activating group) is 1. The Morgan fingerprint density at radius 1 is 1.24 bits per heavy atom. The molecule has 0 saturated carbocycles. The summed E-state index contributed by atoms with van der Waals surface area (Å²) in [6.45, 7) is 9.14. The molecule has 8 heteroatoms. The van der Waals surface area contributed by atoms with Crippen LogP contribution in [0, 0.1) is 10.1 Å². The van der Waals surface area contributed by atoms with Crippen LogP contribution in [0.25, 0.3) is 0 Å². The summed E-state index contributed by atoms with van der Waals surface area (Å²) >= 11 is 0. The van der Waals surface area contributed by atoms with E-state index < -0.39 is 28.2 Å². The van der Waals surface area contributed by atoms with Crippen LogP contribution in [-0.2, 0) is 9.53 Å². The maximum atomic E-state index is 13.2. The number of benzene rings is 1. The summed E-state index contributed by atoms with van der Waals surface area (Å²) in [4.78, 5) is 39.9. The van der Waals surface area contributed by atoms with Crippen LogP contribution in [0.15, 0.2) is 18.2 Å². The number of amides is 2. The first-order valence-corrected chi connectivity index (χ1v) is 8.15. The Labute approximate surface area is 145 Å². The van der Waals surface area contributed by atoms with Gasteiger partial charge < -0.3 is 9.64 Å². The number of nitro groups is 1. The van der Waals surface area contributed by atoms with Gasteiger partial charge in [0.2, 0.25) is 0 Å². The van der Waals surface area contributed by atoms with E-state index >= 15 is 0 Å². The zero-order valence-electron chi connectivity index (χ0n) is 14.9. The van der Waals surface area contributed by atoms with Crippen molar-refractivity contribution in [3.8, 4) is 0 Å². The van der Waals surface area contributed by atoms with Crippen LogP contribution in [0.4, 0.5) is 11.4 Å². The number of hydrogen-bond acceptors (Lipinski definition) is 5. The van der Waals surface area contributed by atoms with Crippen LogP contribution in [0.2, 0.25) is 0 Å². The first-order valence-electron chi connectivity index (χ1n) is 8.15. The molecule has 1 unspecified atom stereocenters. The van der Waals surface area contributed by atoms with Gasteiger partial charge in [-0.15, -0.1) is 0 Å². The molecule has 1 atom stereocenters. The van der Waals surface area contributed by atoms with E-state index in [2.05, 4.69) is 0 Å². The Hall–Kier alpha value is -2.48. The van der Waals surface area contributed by atoms with Gasteiger partial charge in [0.1, 0.15) is 11.8 Å². The van der Waals surface area contributed by atoms with E-state index in [0.29, 0.717) is 12.2 Å². The second kappa shape index (κ2) is 5.26. The number of nitro benzene ring substituents is 1. The summed E-state index contributed by atoms with van der Waals surface area (Å²) in [6.07, 6.45) is 0. The zero-order valence-corrected chi connectivity index (χ0v) is 14.9. The van der Waals surface area contributed by atoms with Crippen LogP contribution >= 0.6 is 0 Å². The van der Waals surface area contributed by atoms with Gasteiger partial charge in [-0.25, -0.2) is 0 Å². The van der Waals surface area contributed by atoms with Crippen molar-refractivity contribution < 1.29 is 19.2 Å². The molecular formula is C17H21N3O5. The third-order valence-corrected chi connectivity index (χ3v) is 4.76. The molecule has 2 aliphatic heterocycles.